The van der Waals surface area contributed by atoms with Crippen molar-refractivity contribution in [2.45, 2.75) is 84.8 Å². The molecule has 1 aliphatic heterocycles. The molecule has 0 saturated carbocycles. The molecular weight excluding hydrogens is 256 g/mol. The zero-order valence-corrected chi connectivity index (χ0v) is 14.7. The average Bonchev–Trinajstić information content (AvgIpc) is 2.73. The van der Waals surface area contributed by atoms with E-state index >= 15 is 0 Å². The van der Waals surface area contributed by atoms with Gasteiger partial charge >= 0.3 is 0 Å². The lowest BCUT2D eigenvalue weighted by atomic mass is 9.86. The molecule has 0 unspecified atom stereocenters. The van der Waals surface area contributed by atoms with E-state index in [1.807, 2.05) is 0 Å². The lowest BCUT2D eigenvalue weighted by molar-refractivity contribution is 0.0232. The zero-order chi connectivity index (χ0) is 15.7. The predicted octanol–water partition coefficient (Wildman–Crippen LogP) is 5.51. The van der Waals surface area contributed by atoms with Gasteiger partial charge in [0.1, 0.15) is 0 Å². The second-order valence-corrected chi connectivity index (χ2v) is 8.87. The quantitative estimate of drug-likeness (QED) is 0.712. The minimum atomic E-state index is 0.236. The van der Waals surface area contributed by atoms with Crippen LogP contribution in [-0.2, 0) is 16.6 Å². The highest BCUT2D eigenvalue weighted by atomic mass is 16.5. The second-order valence-electron chi connectivity index (χ2n) is 8.87. The van der Waals surface area contributed by atoms with Crippen molar-refractivity contribution in [1.82, 2.24) is 0 Å². The molecular formula is C20H32O. The number of rotatable bonds is 3. The van der Waals surface area contributed by atoms with Gasteiger partial charge in [0.15, 0.2) is 0 Å². The van der Waals surface area contributed by atoms with Crippen molar-refractivity contribution >= 4 is 0 Å². The maximum atomic E-state index is 6.24. The van der Waals surface area contributed by atoms with Gasteiger partial charge in [0, 0.05) is 0 Å². The van der Waals surface area contributed by atoms with Crippen molar-refractivity contribution in [2.24, 2.45) is 5.41 Å². The van der Waals surface area contributed by atoms with Gasteiger partial charge < -0.3 is 4.74 Å². The van der Waals surface area contributed by atoms with Gasteiger partial charge in [-0.2, -0.15) is 0 Å². The summed E-state index contributed by atoms with van der Waals surface area (Å²) in [6.45, 7) is 13.7. The molecule has 0 N–H and O–H groups in total. The fraction of sp³-hybridized carbons (Fsp3) is 0.700. The van der Waals surface area contributed by atoms with E-state index in [-0.39, 0.29) is 5.41 Å². The Kier molecular flexibility index (Phi) is 4.82. The van der Waals surface area contributed by atoms with E-state index in [2.05, 4.69) is 65.8 Å². The third kappa shape index (κ3) is 5.14. The maximum Gasteiger partial charge on any atom is 0.0620 e. The molecule has 21 heavy (non-hydrogen) atoms. The van der Waals surface area contributed by atoms with Crippen LogP contribution in [0, 0.1) is 5.41 Å². The molecule has 118 valence electrons. The summed E-state index contributed by atoms with van der Waals surface area (Å²) in [4.78, 5) is 0. The van der Waals surface area contributed by atoms with Crippen LogP contribution in [-0.4, -0.2) is 12.2 Å². The van der Waals surface area contributed by atoms with Crippen LogP contribution in [0.2, 0.25) is 0 Å². The van der Waals surface area contributed by atoms with Crippen LogP contribution in [0.1, 0.15) is 71.9 Å². The first-order valence-corrected chi connectivity index (χ1v) is 8.38. The molecule has 1 aromatic carbocycles. The Bertz CT molecular complexity index is 444. The van der Waals surface area contributed by atoms with Crippen LogP contribution in [0.4, 0.5) is 0 Å². The summed E-state index contributed by atoms with van der Waals surface area (Å²) in [6.07, 6.45) is 5.54. The van der Waals surface area contributed by atoms with Gasteiger partial charge in [0.05, 0.1) is 12.2 Å². The van der Waals surface area contributed by atoms with Crippen LogP contribution in [0.25, 0.3) is 0 Å². The average molecular weight is 288 g/mol. The van der Waals surface area contributed by atoms with Gasteiger partial charge in [0.2, 0.25) is 0 Å². The summed E-state index contributed by atoms with van der Waals surface area (Å²) in [5.41, 5.74) is 3.42. The lowest BCUT2D eigenvalue weighted by Gasteiger charge is -2.23. The molecule has 0 bridgehead atoms. The van der Waals surface area contributed by atoms with Gasteiger partial charge in [-0.15, -0.1) is 0 Å². The highest BCUT2D eigenvalue weighted by Gasteiger charge is 2.28. The first-order valence-electron chi connectivity index (χ1n) is 8.38. The smallest absolute Gasteiger partial charge is 0.0620 e. The molecule has 1 heteroatoms. The van der Waals surface area contributed by atoms with Crippen molar-refractivity contribution in [3.8, 4) is 0 Å². The van der Waals surface area contributed by atoms with E-state index in [9.17, 15) is 0 Å². The number of benzene rings is 1. The van der Waals surface area contributed by atoms with Crippen molar-refractivity contribution < 1.29 is 4.74 Å². The van der Waals surface area contributed by atoms with Crippen molar-refractivity contribution in [3.63, 3.8) is 0 Å². The zero-order valence-electron chi connectivity index (χ0n) is 14.7. The molecule has 2 rings (SSSR count). The third-order valence-electron chi connectivity index (χ3n) is 4.32. The molecule has 2 atom stereocenters. The van der Waals surface area contributed by atoms with Gasteiger partial charge in [-0.25, -0.2) is 0 Å². The van der Waals surface area contributed by atoms with Gasteiger partial charge in [0.25, 0.3) is 0 Å². The van der Waals surface area contributed by atoms with Crippen molar-refractivity contribution in [1.29, 1.82) is 0 Å². The molecule has 0 aliphatic carbocycles. The highest BCUT2D eigenvalue weighted by molar-refractivity contribution is 5.27. The van der Waals surface area contributed by atoms with E-state index in [1.54, 1.807) is 0 Å². The van der Waals surface area contributed by atoms with Crippen LogP contribution >= 0.6 is 0 Å². The molecule has 0 aromatic heterocycles. The van der Waals surface area contributed by atoms with Crippen LogP contribution in [0.15, 0.2) is 24.3 Å². The van der Waals surface area contributed by atoms with Crippen LogP contribution in [0.3, 0.4) is 0 Å². The Morgan fingerprint density at radius 3 is 2.00 bits per heavy atom. The highest BCUT2D eigenvalue weighted by Crippen LogP contribution is 2.32. The van der Waals surface area contributed by atoms with Gasteiger partial charge in [-0.3, -0.25) is 0 Å². The van der Waals surface area contributed by atoms with E-state index in [0.29, 0.717) is 17.6 Å². The minimum absolute atomic E-state index is 0.236. The largest absolute Gasteiger partial charge is 0.375 e. The fourth-order valence-corrected chi connectivity index (χ4v) is 3.17. The monoisotopic (exact) mass is 288 g/mol. The molecule has 1 fully saturated rings. The van der Waals surface area contributed by atoms with E-state index < -0.39 is 0 Å². The molecule has 1 aliphatic rings. The Labute approximate surface area is 131 Å². The summed E-state index contributed by atoms with van der Waals surface area (Å²) in [7, 11) is 0. The summed E-state index contributed by atoms with van der Waals surface area (Å²) < 4.78 is 6.24. The van der Waals surface area contributed by atoms with Crippen molar-refractivity contribution in [2.75, 3.05) is 0 Å². The topological polar surface area (TPSA) is 9.23 Å². The van der Waals surface area contributed by atoms with Gasteiger partial charge in [-0.1, -0.05) is 65.8 Å². The summed E-state index contributed by atoms with van der Waals surface area (Å²) >= 11 is 0. The third-order valence-corrected chi connectivity index (χ3v) is 4.32. The Morgan fingerprint density at radius 2 is 1.48 bits per heavy atom. The Hall–Kier alpha value is -0.820. The second kappa shape index (κ2) is 6.12. The molecule has 1 saturated heterocycles. The van der Waals surface area contributed by atoms with E-state index in [4.69, 9.17) is 4.74 Å². The van der Waals surface area contributed by atoms with Crippen LogP contribution < -0.4 is 0 Å². The standard InChI is InChI=1S/C20H32O/c1-19(2,3)14-18-12-11-17(21-18)13-15-7-9-16(10-8-15)20(4,5)6/h7-10,17-18H,11-14H2,1-6H3/t17-,18+/m0/s1. The van der Waals surface area contributed by atoms with Crippen LogP contribution in [0.5, 0.6) is 0 Å². The first-order chi connectivity index (χ1) is 9.63. The Morgan fingerprint density at radius 1 is 0.905 bits per heavy atom. The minimum Gasteiger partial charge on any atom is -0.375 e. The van der Waals surface area contributed by atoms with Crippen molar-refractivity contribution in [3.05, 3.63) is 35.4 Å². The van der Waals surface area contributed by atoms with E-state index in [1.165, 1.54) is 30.4 Å². The normalized spacial score (nSPS) is 23.5. The SMILES string of the molecule is CC(C)(C)C[C@H]1CC[C@@H](Cc2ccc(C(C)(C)C)cc2)O1. The maximum absolute atomic E-state index is 6.24. The summed E-state index contributed by atoms with van der Waals surface area (Å²) in [6, 6.07) is 9.11. The summed E-state index contributed by atoms with van der Waals surface area (Å²) in [5, 5.41) is 0. The number of hydrogen-bond acceptors (Lipinski definition) is 1. The molecule has 1 heterocycles. The molecule has 0 radical (unpaired) electrons. The molecule has 0 spiro atoms. The predicted molar refractivity (Wildman–Crippen MR) is 90.8 cm³/mol. The molecule has 0 amide bonds. The lowest BCUT2D eigenvalue weighted by Crippen LogP contribution is -2.19. The first kappa shape index (κ1) is 16.5. The molecule has 1 nitrogen and oxygen atoms in total. The van der Waals surface area contributed by atoms with Gasteiger partial charge in [-0.05, 0) is 47.6 Å². The summed E-state index contributed by atoms with van der Waals surface area (Å²) in [5.74, 6) is 0. The fourth-order valence-electron chi connectivity index (χ4n) is 3.17. The Balaban J connectivity index is 1.89. The molecule has 1 aromatic rings. The number of ether oxygens (including phenoxy) is 1. The van der Waals surface area contributed by atoms with E-state index in [0.717, 1.165) is 6.42 Å². The number of hydrogen-bond donors (Lipinski definition) is 0.